The van der Waals surface area contributed by atoms with Gasteiger partial charge in [-0.1, -0.05) is 55.5 Å². The molecule has 0 aliphatic carbocycles. The second-order valence-corrected chi connectivity index (χ2v) is 12.8. The number of esters is 3. The molecule has 0 radical (unpaired) electrons. The van der Waals surface area contributed by atoms with Crippen LogP contribution in [0.1, 0.15) is 79.9 Å². The van der Waals surface area contributed by atoms with Gasteiger partial charge in [0, 0.05) is 25.1 Å². The van der Waals surface area contributed by atoms with E-state index in [0.29, 0.717) is 25.2 Å². The number of rotatable bonds is 23. The van der Waals surface area contributed by atoms with Gasteiger partial charge in [0.25, 0.3) is 0 Å². The highest BCUT2D eigenvalue weighted by Gasteiger charge is 2.22. The molecule has 1 atom stereocenters. The Morgan fingerprint density at radius 2 is 1.40 bits per heavy atom. The number of amidine groups is 1. The third-order valence-electron chi connectivity index (χ3n) is 8.25. The molecule has 4 rings (SSSR count). The van der Waals surface area contributed by atoms with Crippen LogP contribution in [0.15, 0.2) is 109 Å². The Kier molecular flexibility index (Phi) is 16.9. The largest absolute Gasteiger partial charge is 0.489 e. The van der Waals surface area contributed by atoms with Gasteiger partial charge in [-0.15, -0.1) is 0 Å². The first kappa shape index (κ1) is 43.3. The van der Waals surface area contributed by atoms with E-state index < -0.39 is 34.9 Å². The summed E-state index contributed by atoms with van der Waals surface area (Å²) >= 11 is 0. The molecule has 57 heavy (non-hydrogen) atoms. The molecule has 302 valence electrons. The van der Waals surface area contributed by atoms with E-state index in [9.17, 15) is 24.0 Å². The van der Waals surface area contributed by atoms with Crippen molar-refractivity contribution in [3.63, 3.8) is 0 Å². The normalized spacial score (nSPS) is 12.0. The summed E-state index contributed by atoms with van der Waals surface area (Å²) in [7, 11) is 0. The second-order valence-electron chi connectivity index (χ2n) is 12.8. The third kappa shape index (κ3) is 13.4. The standard InChI is InChI=1S/C43H48N2O12/c1-5-7-15-28(3)16-10-12-23-52-43(50)38-25-32(47)41-34(18-14-20-36(41)57-38)54-27-30(55-39(48)21-9-8-11-22-45-29(4)44)26-53-33-17-13-19-35-40(33)31(46)24-37(56-35)42(49)51-6-2/h5,7,13-15,17-20,24-25,30H,1,3,6,8-12,16,21-23,26-27H2,2,4H3,(H2,44,45)/b15-7-. The van der Waals surface area contributed by atoms with E-state index in [1.165, 1.54) is 24.3 Å². The van der Waals surface area contributed by atoms with Crippen LogP contribution < -0.4 is 26.1 Å². The summed E-state index contributed by atoms with van der Waals surface area (Å²) in [6.07, 6.45) is 8.49. The summed E-state index contributed by atoms with van der Waals surface area (Å²) in [5.41, 5.74) is 5.59. The number of nitrogens with two attached hydrogens (primary N) is 1. The molecule has 0 aliphatic heterocycles. The van der Waals surface area contributed by atoms with E-state index in [1.54, 1.807) is 38.1 Å². The molecule has 0 fully saturated rings. The molecular formula is C43H48N2O12. The summed E-state index contributed by atoms with van der Waals surface area (Å²) in [6, 6.07) is 11.3. The fraction of sp³-hybridized carbons (Fsp3) is 0.349. The van der Waals surface area contributed by atoms with Crippen LogP contribution in [0, 0.1) is 0 Å². The number of allylic oxidation sites excluding steroid dienone is 4. The Labute approximate surface area is 329 Å². The van der Waals surface area contributed by atoms with Crippen LogP contribution in [0.4, 0.5) is 0 Å². The van der Waals surface area contributed by atoms with E-state index in [2.05, 4.69) is 18.2 Å². The van der Waals surface area contributed by atoms with Crippen molar-refractivity contribution in [2.24, 2.45) is 10.7 Å². The van der Waals surface area contributed by atoms with Gasteiger partial charge >= 0.3 is 17.9 Å². The van der Waals surface area contributed by atoms with Gasteiger partial charge in [-0.2, -0.15) is 0 Å². The Morgan fingerprint density at radius 3 is 1.96 bits per heavy atom. The SMILES string of the molecule is C=C/C=C\C(=C)CCCCOC(=O)c1cc(=O)c2c(OCC(COc3cccc4oc(C(=O)OCC)cc(=O)c34)OC(=O)CCCCCN=C(C)N)cccc2o1. The Hall–Kier alpha value is -6.44. The lowest BCUT2D eigenvalue weighted by molar-refractivity contribution is -0.152. The predicted molar refractivity (Wildman–Crippen MR) is 215 cm³/mol. The molecule has 2 aromatic carbocycles. The molecule has 0 spiro atoms. The third-order valence-corrected chi connectivity index (χ3v) is 8.25. The maximum Gasteiger partial charge on any atom is 0.374 e. The van der Waals surface area contributed by atoms with Gasteiger partial charge in [0.05, 0.1) is 19.0 Å². The molecule has 2 N–H and O–H groups in total. The van der Waals surface area contributed by atoms with Gasteiger partial charge in [0.15, 0.2) is 17.0 Å². The summed E-state index contributed by atoms with van der Waals surface area (Å²) in [5.74, 6) is -1.88. The quantitative estimate of drug-likeness (QED) is 0.0202. The van der Waals surface area contributed by atoms with Crippen molar-refractivity contribution >= 4 is 45.7 Å². The minimum absolute atomic E-state index is 0.0607. The lowest BCUT2D eigenvalue weighted by Crippen LogP contribution is -2.31. The van der Waals surface area contributed by atoms with Crippen LogP contribution >= 0.6 is 0 Å². The number of fused-ring (bicyclic) bond motifs is 2. The van der Waals surface area contributed by atoms with Crippen molar-refractivity contribution in [1.29, 1.82) is 0 Å². The molecule has 0 saturated carbocycles. The van der Waals surface area contributed by atoms with E-state index in [0.717, 1.165) is 43.4 Å². The number of carbonyl (C=O) groups excluding carboxylic acids is 3. The van der Waals surface area contributed by atoms with Crippen LogP contribution in [-0.4, -0.2) is 62.8 Å². The number of benzene rings is 2. The molecule has 0 amide bonds. The monoisotopic (exact) mass is 784 g/mol. The van der Waals surface area contributed by atoms with Crippen molar-refractivity contribution in [2.75, 3.05) is 33.0 Å². The average molecular weight is 785 g/mol. The van der Waals surface area contributed by atoms with Crippen LogP contribution in [0.5, 0.6) is 11.5 Å². The van der Waals surface area contributed by atoms with Crippen molar-refractivity contribution in [3.05, 3.63) is 117 Å². The summed E-state index contributed by atoms with van der Waals surface area (Å²) in [4.78, 5) is 68.5. The smallest absolute Gasteiger partial charge is 0.374 e. The fourth-order valence-corrected chi connectivity index (χ4v) is 5.52. The molecule has 4 aromatic rings. The molecular weight excluding hydrogens is 736 g/mol. The van der Waals surface area contributed by atoms with Crippen molar-refractivity contribution in [1.82, 2.24) is 0 Å². The number of ether oxygens (including phenoxy) is 5. The maximum atomic E-state index is 13.3. The van der Waals surface area contributed by atoms with E-state index >= 15 is 0 Å². The number of unbranched alkanes of at least 4 members (excludes halogenated alkanes) is 3. The Balaban J connectivity index is 1.47. The molecule has 0 aliphatic rings. The first-order chi connectivity index (χ1) is 27.5. The van der Waals surface area contributed by atoms with Crippen molar-refractivity contribution in [2.45, 2.75) is 64.9 Å². The number of aliphatic imine (C=N–C) groups is 1. The Bertz CT molecular complexity index is 2230. The van der Waals surface area contributed by atoms with Gasteiger partial charge in [0.2, 0.25) is 11.5 Å². The number of nitrogens with zero attached hydrogens (tertiary/aromatic N) is 1. The van der Waals surface area contributed by atoms with E-state index in [1.807, 2.05) is 6.08 Å². The van der Waals surface area contributed by atoms with Crippen LogP contribution in [0.25, 0.3) is 21.9 Å². The predicted octanol–water partition coefficient (Wildman–Crippen LogP) is 7.01. The van der Waals surface area contributed by atoms with Crippen molar-refractivity contribution in [3.8, 4) is 11.5 Å². The van der Waals surface area contributed by atoms with Gasteiger partial charge in [-0.3, -0.25) is 19.4 Å². The maximum absolute atomic E-state index is 13.3. The Morgan fingerprint density at radius 1 is 0.825 bits per heavy atom. The second kappa shape index (κ2) is 22.2. The molecule has 2 heterocycles. The van der Waals surface area contributed by atoms with Gasteiger partial charge in [-0.25, -0.2) is 9.59 Å². The van der Waals surface area contributed by atoms with Crippen molar-refractivity contribution < 1.29 is 46.9 Å². The highest BCUT2D eigenvalue weighted by atomic mass is 16.6. The number of hydrogen-bond donors (Lipinski definition) is 1. The molecule has 14 heteroatoms. The van der Waals surface area contributed by atoms with Gasteiger partial charge in [0.1, 0.15) is 46.7 Å². The zero-order valence-corrected chi connectivity index (χ0v) is 32.3. The van der Waals surface area contributed by atoms with Gasteiger partial charge < -0.3 is 38.3 Å². The molecule has 14 nitrogen and oxygen atoms in total. The number of carbonyl (C=O) groups is 3. The summed E-state index contributed by atoms with van der Waals surface area (Å²) in [6.45, 7) is 11.2. The summed E-state index contributed by atoms with van der Waals surface area (Å²) < 4.78 is 39.5. The van der Waals surface area contributed by atoms with Crippen LogP contribution in [0.3, 0.4) is 0 Å². The topological polar surface area (TPSA) is 196 Å². The molecule has 1 unspecified atom stereocenters. The minimum atomic E-state index is -1.02. The van der Waals surface area contributed by atoms with Gasteiger partial charge in [-0.05, 0) is 70.2 Å². The molecule has 2 aromatic heterocycles. The zero-order valence-electron chi connectivity index (χ0n) is 32.3. The fourth-order valence-electron chi connectivity index (χ4n) is 5.52. The average Bonchev–Trinajstić information content (AvgIpc) is 3.18. The van der Waals surface area contributed by atoms with Crippen LogP contribution in [0.2, 0.25) is 0 Å². The first-order valence-corrected chi connectivity index (χ1v) is 18.7. The van der Waals surface area contributed by atoms with E-state index in [-0.39, 0.29) is 77.8 Å². The minimum Gasteiger partial charge on any atom is -0.489 e. The lowest BCUT2D eigenvalue weighted by Gasteiger charge is -2.20. The first-order valence-electron chi connectivity index (χ1n) is 18.7. The zero-order chi connectivity index (χ0) is 41.2. The molecule has 0 saturated heterocycles. The summed E-state index contributed by atoms with van der Waals surface area (Å²) in [5, 5.41) is 0.126. The van der Waals surface area contributed by atoms with Crippen LogP contribution in [-0.2, 0) is 19.0 Å². The molecule has 0 bridgehead atoms. The van der Waals surface area contributed by atoms with E-state index in [4.69, 9.17) is 38.3 Å². The number of hydrogen-bond acceptors (Lipinski definition) is 13. The highest BCUT2D eigenvalue weighted by Crippen LogP contribution is 2.26. The highest BCUT2D eigenvalue weighted by molar-refractivity contribution is 5.91. The lowest BCUT2D eigenvalue weighted by atomic mass is 10.1.